The van der Waals surface area contributed by atoms with Crippen LogP contribution in [0.5, 0.6) is 0 Å². The number of aryl methyl sites for hydroxylation is 2. The smallest absolute Gasteiger partial charge is 0.355 e. The van der Waals surface area contributed by atoms with Gasteiger partial charge in [-0.15, -0.1) is 11.3 Å². The van der Waals surface area contributed by atoms with Gasteiger partial charge in [0.1, 0.15) is 5.82 Å². The van der Waals surface area contributed by atoms with Gasteiger partial charge in [0.25, 0.3) is 0 Å². The van der Waals surface area contributed by atoms with E-state index in [1.54, 1.807) is 0 Å². The number of amides is 1. The number of nitrogens with one attached hydrogen (secondary N) is 1. The number of rotatable bonds is 8. The molecule has 0 aliphatic carbocycles. The molecule has 0 atom stereocenters. The van der Waals surface area contributed by atoms with Crippen LogP contribution in [0.2, 0.25) is 0 Å². The number of aromatic nitrogens is 3. The van der Waals surface area contributed by atoms with Gasteiger partial charge < -0.3 is 15.0 Å². The van der Waals surface area contributed by atoms with Gasteiger partial charge in [-0.1, -0.05) is 19.1 Å². The highest BCUT2D eigenvalue weighted by atomic mass is 32.1. The van der Waals surface area contributed by atoms with E-state index in [0.29, 0.717) is 30.9 Å². The van der Waals surface area contributed by atoms with E-state index in [1.807, 2.05) is 24.3 Å². The second kappa shape index (κ2) is 8.09. The van der Waals surface area contributed by atoms with Crippen LogP contribution in [0.4, 0.5) is 0 Å². The minimum Gasteiger partial charge on any atom is -0.476 e. The molecule has 0 bridgehead atoms. The number of aromatic carboxylic acids is 1. The summed E-state index contributed by atoms with van der Waals surface area (Å²) in [5.41, 5.74) is 2.04. The zero-order valence-electron chi connectivity index (χ0n) is 14.4. The fourth-order valence-electron chi connectivity index (χ4n) is 2.78. The zero-order chi connectivity index (χ0) is 18.5. The zero-order valence-corrected chi connectivity index (χ0v) is 15.3. The second-order valence-corrected chi connectivity index (χ2v) is 6.75. The molecule has 0 aliphatic rings. The number of hydrogen-bond donors (Lipinski definition) is 2. The van der Waals surface area contributed by atoms with Crippen LogP contribution in [0.25, 0.3) is 11.0 Å². The molecule has 3 aromatic rings. The van der Waals surface area contributed by atoms with Crippen LogP contribution in [0.1, 0.15) is 34.7 Å². The van der Waals surface area contributed by atoms with Crippen molar-refractivity contribution in [2.45, 2.75) is 32.7 Å². The first kappa shape index (κ1) is 18.1. The van der Waals surface area contributed by atoms with Crippen molar-refractivity contribution in [3.63, 3.8) is 0 Å². The van der Waals surface area contributed by atoms with Crippen molar-refractivity contribution in [3.05, 3.63) is 46.2 Å². The highest BCUT2D eigenvalue weighted by Gasteiger charge is 2.11. The SMILES string of the molecule is CCc1nc2ccccc2n1CCC(=O)NCCc1nc(C(=O)O)cs1. The third kappa shape index (κ3) is 4.08. The Morgan fingerprint density at radius 3 is 2.81 bits per heavy atom. The van der Waals surface area contributed by atoms with Crippen LogP contribution in [0.3, 0.4) is 0 Å². The number of carboxylic acids is 1. The Morgan fingerprint density at radius 1 is 1.27 bits per heavy atom. The summed E-state index contributed by atoms with van der Waals surface area (Å²) in [5, 5.41) is 13.9. The summed E-state index contributed by atoms with van der Waals surface area (Å²) in [4.78, 5) is 31.5. The molecule has 1 amide bonds. The van der Waals surface area contributed by atoms with Gasteiger partial charge in [0, 0.05) is 37.7 Å². The van der Waals surface area contributed by atoms with Crippen molar-refractivity contribution in [2.24, 2.45) is 0 Å². The maximum Gasteiger partial charge on any atom is 0.355 e. The molecule has 0 unspecified atom stereocenters. The molecule has 0 aliphatic heterocycles. The molecule has 1 aromatic carbocycles. The number of imidazole rings is 1. The van der Waals surface area contributed by atoms with Crippen molar-refractivity contribution >= 4 is 34.2 Å². The fraction of sp³-hybridized carbons (Fsp3) is 0.333. The molecule has 0 spiro atoms. The third-order valence-electron chi connectivity index (χ3n) is 4.04. The number of carbonyl (C=O) groups is 2. The Kier molecular flexibility index (Phi) is 5.62. The molecule has 0 saturated heterocycles. The van der Waals surface area contributed by atoms with E-state index in [4.69, 9.17) is 5.11 Å². The number of carboxylic acid groups (broad SMARTS) is 1. The lowest BCUT2D eigenvalue weighted by Crippen LogP contribution is -2.26. The lowest BCUT2D eigenvalue weighted by Gasteiger charge is -2.08. The van der Waals surface area contributed by atoms with Gasteiger partial charge in [-0.2, -0.15) is 0 Å². The van der Waals surface area contributed by atoms with Gasteiger partial charge in [0.15, 0.2) is 5.69 Å². The van der Waals surface area contributed by atoms with Gasteiger partial charge in [-0.3, -0.25) is 4.79 Å². The Balaban J connectivity index is 1.52. The first-order valence-electron chi connectivity index (χ1n) is 8.47. The summed E-state index contributed by atoms with van der Waals surface area (Å²) in [6, 6.07) is 7.92. The summed E-state index contributed by atoms with van der Waals surface area (Å²) in [6.45, 7) is 3.07. The molecule has 8 heteroatoms. The van der Waals surface area contributed by atoms with Crippen LogP contribution < -0.4 is 5.32 Å². The number of nitrogens with zero attached hydrogens (tertiary/aromatic N) is 3. The summed E-state index contributed by atoms with van der Waals surface area (Å²) in [5.74, 6) is -0.0985. The van der Waals surface area contributed by atoms with Crippen LogP contribution in [0, 0.1) is 0 Å². The van der Waals surface area contributed by atoms with Gasteiger partial charge in [0.2, 0.25) is 5.91 Å². The number of benzene rings is 1. The molecular weight excluding hydrogens is 352 g/mol. The Labute approximate surface area is 154 Å². The summed E-state index contributed by atoms with van der Waals surface area (Å²) < 4.78 is 2.09. The van der Waals surface area contributed by atoms with Gasteiger partial charge >= 0.3 is 5.97 Å². The number of carbonyl (C=O) groups excluding carboxylic acids is 1. The lowest BCUT2D eigenvalue weighted by atomic mass is 10.3. The summed E-state index contributed by atoms with van der Waals surface area (Å²) in [7, 11) is 0. The average molecular weight is 372 g/mol. The average Bonchev–Trinajstić information content (AvgIpc) is 3.24. The van der Waals surface area contributed by atoms with E-state index >= 15 is 0 Å². The maximum absolute atomic E-state index is 12.1. The molecular formula is C18H20N4O3S. The lowest BCUT2D eigenvalue weighted by molar-refractivity contribution is -0.121. The summed E-state index contributed by atoms with van der Waals surface area (Å²) in [6.07, 6.45) is 1.70. The fourth-order valence-corrected chi connectivity index (χ4v) is 3.55. The highest BCUT2D eigenvalue weighted by Crippen LogP contribution is 2.17. The first-order valence-corrected chi connectivity index (χ1v) is 9.35. The van der Waals surface area contributed by atoms with Crippen LogP contribution in [-0.2, 0) is 24.2 Å². The van der Waals surface area contributed by atoms with Crippen LogP contribution >= 0.6 is 11.3 Å². The number of fused-ring (bicyclic) bond motifs is 1. The highest BCUT2D eigenvalue weighted by molar-refractivity contribution is 7.09. The Morgan fingerprint density at radius 2 is 2.08 bits per heavy atom. The van der Waals surface area contributed by atoms with E-state index in [9.17, 15) is 9.59 Å². The first-order chi connectivity index (χ1) is 12.6. The van der Waals surface area contributed by atoms with Gasteiger partial charge in [-0.25, -0.2) is 14.8 Å². The van der Waals surface area contributed by atoms with Crippen molar-refractivity contribution < 1.29 is 14.7 Å². The standard InChI is InChI=1S/C18H20N4O3S/c1-2-15-20-12-5-3-4-6-14(12)22(15)10-8-16(23)19-9-7-17-21-13(11-26-17)18(24)25/h3-6,11H,2,7-10H2,1H3,(H,19,23)(H,24,25). The molecule has 0 fully saturated rings. The van der Waals surface area contributed by atoms with E-state index in [0.717, 1.165) is 23.3 Å². The van der Waals surface area contributed by atoms with Crippen molar-refractivity contribution in [3.8, 4) is 0 Å². The number of para-hydroxylation sites is 2. The van der Waals surface area contributed by atoms with Crippen LogP contribution in [-0.4, -0.2) is 38.1 Å². The normalized spacial score (nSPS) is 11.0. The molecule has 7 nitrogen and oxygen atoms in total. The quantitative estimate of drug-likeness (QED) is 0.633. The minimum atomic E-state index is -1.03. The molecule has 2 heterocycles. The monoisotopic (exact) mass is 372 g/mol. The summed E-state index contributed by atoms with van der Waals surface area (Å²) >= 11 is 1.29. The van der Waals surface area contributed by atoms with Crippen LogP contribution in [0.15, 0.2) is 29.6 Å². The van der Waals surface area contributed by atoms with Crippen molar-refractivity contribution in [1.82, 2.24) is 19.9 Å². The predicted octanol–water partition coefficient (Wildman–Crippen LogP) is 2.50. The molecule has 0 saturated carbocycles. The maximum atomic E-state index is 12.1. The molecule has 2 N–H and O–H groups in total. The number of hydrogen-bond acceptors (Lipinski definition) is 5. The molecule has 0 radical (unpaired) electrons. The molecule has 3 rings (SSSR count). The molecule has 2 aromatic heterocycles. The van der Waals surface area contributed by atoms with Crippen molar-refractivity contribution in [1.29, 1.82) is 0 Å². The van der Waals surface area contributed by atoms with E-state index in [2.05, 4.69) is 26.8 Å². The van der Waals surface area contributed by atoms with Gasteiger partial charge in [-0.05, 0) is 12.1 Å². The topological polar surface area (TPSA) is 97.1 Å². The molecule has 26 heavy (non-hydrogen) atoms. The molecule has 136 valence electrons. The van der Waals surface area contributed by atoms with Gasteiger partial charge in [0.05, 0.1) is 16.0 Å². The largest absolute Gasteiger partial charge is 0.476 e. The van der Waals surface area contributed by atoms with E-state index < -0.39 is 5.97 Å². The van der Waals surface area contributed by atoms with Crippen molar-refractivity contribution in [2.75, 3.05) is 6.54 Å². The number of thiazole rings is 1. The Bertz CT molecular complexity index is 932. The Hall–Kier alpha value is -2.74. The predicted molar refractivity (Wildman–Crippen MR) is 99.5 cm³/mol. The van der Waals surface area contributed by atoms with E-state index in [-0.39, 0.29) is 11.6 Å². The van der Waals surface area contributed by atoms with E-state index in [1.165, 1.54) is 16.7 Å². The second-order valence-electron chi connectivity index (χ2n) is 5.80. The minimum absolute atomic E-state index is 0.0418. The third-order valence-corrected chi connectivity index (χ3v) is 4.95.